The van der Waals surface area contributed by atoms with Crippen molar-refractivity contribution in [3.8, 4) is 5.75 Å². The number of nitro benzene ring substituents is 1. The van der Waals surface area contributed by atoms with Crippen LogP contribution in [0.5, 0.6) is 5.75 Å². The molecule has 3 rings (SSSR count). The summed E-state index contributed by atoms with van der Waals surface area (Å²) in [6, 6.07) is 7.47. The molecule has 0 aromatic heterocycles. The first kappa shape index (κ1) is 21.1. The monoisotopic (exact) mass is 481 g/mol. The van der Waals surface area contributed by atoms with Crippen LogP contribution in [0.25, 0.3) is 0 Å². The van der Waals surface area contributed by atoms with E-state index < -0.39 is 10.8 Å². The van der Waals surface area contributed by atoms with Gasteiger partial charge < -0.3 is 15.0 Å². The smallest absolute Gasteiger partial charge is 0.273 e. The molecule has 1 N–H and O–H groups in total. The number of amides is 2. The third kappa shape index (κ3) is 4.20. The Morgan fingerprint density at radius 3 is 2.76 bits per heavy atom. The maximum atomic E-state index is 12.7. The Hall–Kier alpha value is -2.65. The molecular formula is C19H17BrClN3O5. The molecule has 152 valence electrons. The minimum atomic E-state index is -0.579. The van der Waals surface area contributed by atoms with Gasteiger partial charge in [0.2, 0.25) is 11.8 Å². The summed E-state index contributed by atoms with van der Waals surface area (Å²) in [6.45, 7) is 1.93. The Kier molecular flexibility index (Phi) is 6.09. The highest BCUT2D eigenvalue weighted by atomic mass is 79.9. The van der Waals surface area contributed by atoms with Crippen molar-refractivity contribution in [1.29, 1.82) is 0 Å². The molecule has 2 aromatic rings. The molecule has 1 atom stereocenters. The van der Waals surface area contributed by atoms with Gasteiger partial charge in [-0.1, -0.05) is 11.6 Å². The van der Waals surface area contributed by atoms with Gasteiger partial charge >= 0.3 is 0 Å². The van der Waals surface area contributed by atoms with Crippen molar-refractivity contribution in [2.75, 3.05) is 23.9 Å². The van der Waals surface area contributed by atoms with E-state index in [0.717, 1.165) is 4.47 Å². The first-order chi connectivity index (χ1) is 13.7. The number of nitrogens with one attached hydrogen (secondary N) is 1. The number of non-ortho nitro benzene ring substituents is 1. The van der Waals surface area contributed by atoms with Gasteiger partial charge in [-0.3, -0.25) is 19.7 Å². The van der Waals surface area contributed by atoms with Crippen molar-refractivity contribution < 1.29 is 19.2 Å². The third-order valence-electron chi connectivity index (χ3n) is 4.76. The lowest BCUT2D eigenvalue weighted by Crippen LogP contribution is -2.28. The fraction of sp³-hybridized carbons (Fsp3) is 0.263. The van der Waals surface area contributed by atoms with Crippen LogP contribution in [0.3, 0.4) is 0 Å². The maximum absolute atomic E-state index is 12.7. The van der Waals surface area contributed by atoms with Crippen LogP contribution in [0.15, 0.2) is 34.8 Å². The molecule has 0 saturated carbocycles. The molecule has 1 heterocycles. The number of hydrogen-bond acceptors (Lipinski definition) is 5. The van der Waals surface area contributed by atoms with E-state index in [-0.39, 0.29) is 36.2 Å². The van der Waals surface area contributed by atoms with Gasteiger partial charge in [0.05, 0.1) is 34.7 Å². The summed E-state index contributed by atoms with van der Waals surface area (Å²) >= 11 is 9.53. The van der Waals surface area contributed by atoms with E-state index in [9.17, 15) is 19.7 Å². The van der Waals surface area contributed by atoms with Crippen LogP contribution < -0.4 is 15.0 Å². The number of nitrogens with zero attached hydrogens (tertiary/aromatic N) is 2. The molecule has 2 aromatic carbocycles. The molecule has 2 amide bonds. The van der Waals surface area contributed by atoms with E-state index in [1.54, 1.807) is 19.1 Å². The van der Waals surface area contributed by atoms with Gasteiger partial charge in [-0.15, -0.1) is 0 Å². The van der Waals surface area contributed by atoms with Crippen molar-refractivity contribution in [2.45, 2.75) is 13.3 Å². The number of benzene rings is 2. The maximum Gasteiger partial charge on any atom is 0.273 e. The predicted molar refractivity (Wildman–Crippen MR) is 113 cm³/mol. The Labute approximate surface area is 180 Å². The predicted octanol–water partition coefficient (Wildman–Crippen LogP) is 4.32. The fourth-order valence-electron chi connectivity index (χ4n) is 3.14. The molecule has 1 saturated heterocycles. The van der Waals surface area contributed by atoms with Crippen molar-refractivity contribution in [2.24, 2.45) is 5.92 Å². The van der Waals surface area contributed by atoms with E-state index in [2.05, 4.69) is 21.2 Å². The molecule has 1 aliphatic rings. The second kappa shape index (κ2) is 8.38. The van der Waals surface area contributed by atoms with Crippen LogP contribution in [-0.4, -0.2) is 30.4 Å². The summed E-state index contributed by atoms with van der Waals surface area (Å²) in [6.07, 6.45) is 0.0231. The van der Waals surface area contributed by atoms with Gasteiger partial charge in [-0.05, 0) is 46.6 Å². The molecule has 1 aliphatic heterocycles. The fourth-order valence-corrected chi connectivity index (χ4v) is 3.74. The quantitative estimate of drug-likeness (QED) is 0.505. The number of ether oxygens (including phenoxy) is 1. The summed E-state index contributed by atoms with van der Waals surface area (Å²) < 4.78 is 5.93. The zero-order chi connectivity index (χ0) is 21.3. The summed E-state index contributed by atoms with van der Waals surface area (Å²) in [5.74, 6) is -0.945. The molecule has 8 nitrogen and oxygen atoms in total. The van der Waals surface area contributed by atoms with Crippen molar-refractivity contribution in [3.63, 3.8) is 0 Å². The topological polar surface area (TPSA) is 102 Å². The first-order valence-electron chi connectivity index (χ1n) is 8.61. The minimum Gasteiger partial charge on any atom is -0.494 e. The zero-order valence-corrected chi connectivity index (χ0v) is 17.9. The summed E-state index contributed by atoms with van der Waals surface area (Å²) in [4.78, 5) is 37.1. The Morgan fingerprint density at radius 2 is 2.10 bits per heavy atom. The van der Waals surface area contributed by atoms with Crippen molar-refractivity contribution in [1.82, 2.24) is 0 Å². The lowest BCUT2D eigenvalue weighted by atomic mass is 10.1. The van der Waals surface area contributed by atoms with E-state index in [1.807, 2.05) is 0 Å². The third-order valence-corrected chi connectivity index (χ3v) is 6.13. The van der Waals surface area contributed by atoms with Crippen LogP contribution in [0, 0.1) is 23.0 Å². The van der Waals surface area contributed by atoms with E-state index in [4.69, 9.17) is 16.3 Å². The molecule has 10 heteroatoms. The van der Waals surface area contributed by atoms with Gasteiger partial charge in [0.1, 0.15) is 5.75 Å². The molecule has 29 heavy (non-hydrogen) atoms. The number of nitro groups is 1. The number of methoxy groups -OCH3 is 1. The van der Waals surface area contributed by atoms with Gasteiger partial charge in [-0.2, -0.15) is 0 Å². The Balaban J connectivity index is 1.79. The van der Waals surface area contributed by atoms with E-state index in [0.29, 0.717) is 22.0 Å². The average molecular weight is 483 g/mol. The summed E-state index contributed by atoms with van der Waals surface area (Å²) in [5.41, 5.74) is 1.53. The molecule has 0 spiro atoms. The highest BCUT2D eigenvalue weighted by Crippen LogP contribution is 2.36. The van der Waals surface area contributed by atoms with E-state index in [1.165, 1.54) is 30.2 Å². The highest BCUT2D eigenvalue weighted by molar-refractivity contribution is 9.10. The van der Waals surface area contributed by atoms with Crippen LogP contribution in [0.4, 0.5) is 17.1 Å². The number of hydrogen-bond donors (Lipinski definition) is 1. The van der Waals surface area contributed by atoms with Crippen LogP contribution in [-0.2, 0) is 9.59 Å². The van der Waals surface area contributed by atoms with Crippen LogP contribution >= 0.6 is 27.5 Å². The van der Waals surface area contributed by atoms with Crippen molar-refractivity contribution in [3.05, 3.63) is 55.5 Å². The minimum absolute atomic E-state index is 0.0231. The molecule has 0 aliphatic carbocycles. The number of anilines is 2. The number of rotatable bonds is 5. The molecule has 0 bridgehead atoms. The Morgan fingerprint density at radius 1 is 1.38 bits per heavy atom. The zero-order valence-electron chi connectivity index (χ0n) is 15.6. The molecular weight excluding hydrogens is 466 g/mol. The van der Waals surface area contributed by atoms with Gasteiger partial charge in [-0.25, -0.2) is 0 Å². The van der Waals surface area contributed by atoms with E-state index >= 15 is 0 Å². The molecule has 0 unspecified atom stereocenters. The van der Waals surface area contributed by atoms with Crippen LogP contribution in [0.2, 0.25) is 5.02 Å². The number of carbonyl (C=O) groups excluding carboxylic acids is 2. The van der Waals surface area contributed by atoms with Gasteiger partial charge in [0.25, 0.3) is 5.69 Å². The number of halogens is 2. The molecule has 0 radical (unpaired) electrons. The van der Waals surface area contributed by atoms with Gasteiger partial charge in [0.15, 0.2) is 0 Å². The number of carbonyl (C=O) groups is 2. The lowest BCUT2D eigenvalue weighted by Gasteiger charge is -2.19. The largest absolute Gasteiger partial charge is 0.494 e. The van der Waals surface area contributed by atoms with Crippen molar-refractivity contribution >= 4 is 56.4 Å². The first-order valence-corrected chi connectivity index (χ1v) is 9.78. The average Bonchev–Trinajstić information content (AvgIpc) is 3.09. The standard InChI is InChI=1S/C19H17BrClN3O5/c1-10-14(5-4-13(20)18(10)21)22-19(26)11-7-17(25)23(9-11)15-6-3-12(24(27)28)8-16(15)29-2/h3-6,8,11H,7,9H2,1-2H3,(H,22,26)/t11-/m0/s1. The van der Waals surface area contributed by atoms with Gasteiger partial charge in [0, 0.05) is 29.2 Å². The van der Waals surface area contributed by atoms with Crippen LogP contribution in [0.1, 0.15) is 12.0 Å². The molecule has 1 fully saturated rings. The lowest BCUT2D eigenvalue weighted by molar-refractivity contribution is -0.384. The second-order valence-electron chi connectivity index (χ2n) is 6.54. The second-order valence-corrected chi connectivity index (χ2v) is 7.77. The summed E-state index contributed by atoms with van der Waals surface area (Å²) in [7, 11) is 1.37. The Bertz CT molecular complexity index is 1010. The SMILES string of the molecule is COc1cc([N+](=O)[O-])ccc1N1C[C@@H](C(=O)Nc2ccc(Br)c(Cl)c2C)CC1=O. The normalized spacial score (nSPS) is 16.1. The highest BCUT2D eigenvalue weighted by Gasteiger charge is 2.36. The summed E-state index contributed by atoms with van der Waals surface area (Å²) in [5, 5.41) is 14.3.